The molecule has 0 radical (unpaired) electrons. The molecule has 6 nitrogen and oxygen atoms in total. The molecule has 3 atom stereocenters. The molecule has 0 bridgehead atoms. The quantitative estimate of drug-likeness (QED) is 0.107. The second kappa shape index (κ2) is 21.4. The predicted molar refractivity (Wildman–Crippen MR) is 145 cm³/mol. The average molecular weight is 521 g/mol. The van der Waals surface area contributed by atoms with Crippen LogP contribution in [0.25, 0.3) is 0 Å². The van der Waals surface area contributed by atoms with E-state index in [2.05, 4.69) is 27.7 Å². The third kappa shape index (κ3) is 23.5. The van der Waals surface area contributed by atoms with Crippen LogP contribution in [0, 0.1) is 17.8 Å². The molecule has 0 aromatic carbocycles. The maximum Gasteiger partial charge on any atom is 0.394 e. The fraction of sp³-hybridized carbons (Fsp3) is 0.964. The molecule has 1 fully saturated rings. The minimum absolute atomic E-state index is 0.0504. The zero-order valence-corrected chi connectivity index (χ0v) is 24.0. The molecule has 0 aromatic heterocycles. The lowest BCUT2D eigenvalue weighted by Crippen LogP contribution is -2.35. The molecule has 0 amide bonds. The summed E-state index contributed by atoms with van der Waals surface area (Å²) in [4.78, 5) is 12.3. The summed E-state index contributed by atoms with van der Waals surface area (Å²) in [5.41, 5.74) is 0. The molecule has 210 valence electrons. The highest BCUT2D eigenvalue weighted by Gasteiger charge is 2.33. The van der Waals surface area contributed by atoms with Gasteiger partial charge in [0.15, 0.2) is 0 Å². The van der Waals surface area contributed by atoms with Gasteiger partial charge in [0, 0.05) is 6.42 Å². The van der Waals surface area contributed by atoms with Crippen LogP contribution in [0.5, 0.6) is 0 Å². The molecule has 0 aliphatic heterocycles. The van der Waals surface area contributed by atoms with Crippen LogP contribution in [0.4, 0.5) is 0 Å². The summed E-state index contributed by atoms with van der Waals surface area (Å²) < 4.78 is 37.5. The zero-order chi connectivity index (χ0) is 26.5. The van der Waals surface area contributed by atoms with Gasteiger partial charge in [-0.15, -0.1) is 0 Å². The molecule has 35 heavy (non-hydrogen) atoms. The van der Waals surface area contributed by atoms with Crippen molar-refractivity contribution >= 4 is 16.4 Å². The van der Waals surface area contributed by atoms with Gasteiger partial charge in [-0.1, -0.05) is 124 Å². The number of rotatable bonds is 18. The number of ether oxygens (including phenoxy) is 1. The average Bonchev–Trinajstić information content (AvgIpc) is 2.75. The van der Waals surface area contributed by atoms with Gasteiger partial charge in [0.2, 0.25) is 0 Å². The SMILES string of the molecule is CCCCCCCCCCCCCCCCCC(=O)O[C@@H]1C[C@H](C)CC[C@H]1C(C)C.O=S(=O)(O)O. The van der Waals surface area contributed by atoms with E-state index in [0.717, 1.165) is 12.8 Å². The Hall–Kier alpha value is -0.660. The van der Waals surface area contributed by atoms with Crippen molar-refractivity contribution in [3.63, 3.8) is 0 Å². The lowest BCUT2D eigenvalue weighted by Gasteiger charge is -2.36. The van der Waals surface area contributed by atoms with E-state index in [9.17, 15) is 4.79 Å². The van der Waals surface area contributed by atoms with Crippen molar-refractivity contribution in [3.05, 3.63) is 0 Å². The summed E-state index contributed by atoms with van der Waals surface area (Å²) in [6.07, 6.45) is 24.7. The second-order valence-corrected chi connectivity index (χ2v) is 11.9. The Labute approximate surface area is 216 Å². The van der Waals surface area contributed by atoms with E-state index in [4.69, 9.17) is 22.3 Å². The molecular formula is C28H56O6S. The third-order valence-corrected chi connectivity index (χ3v) is 7.23. The Morgan fingerprint density at radius 2 is 1.20 bits per heavy atom. The van der Waals surface area contributed by atoms with Gasteiger partial charge in [0.1, 0.15) is 6.10 Å². The van der Waals surface area contributed by atoms with Crippen LogP contribution in [0.2, 0.25) is 0 Å². The van der Waals surface area contributed by atoms with Crippen LogP contribution < -0.4 is 0 Å². The van der Waals surface area contributed by atoms with Gasteiger partial charge in [0.25, 0.3) is 0 Å². The molecular weight excluding hydrogens is 464 g/mol. The standard InChI is InChI=1S/C28H54O2.H2O4S/c1-5-6-7-8-9-10-11-12-13-14-15-16-17-18-19-20-28(29)30-27-23-25(4)21-22-26(27)24(2)3;1-5(2,3)4/h24-27H,5-23H2,1-4H3;(H2,1,2,3,4)/t25-,26+,27-;/m1./s1. The van der Waals surface area contributed by atoms with Gasteiger partial charge in [-0.25, -0.2) is 0 Å². The van der Waals surface area contributed by atoms with Crippen molar-refractivity contribution in [1.29, 1.82) is 0 Å². The van der Waals surface area contributed by atoms with Crippen LogP contribution in [0.3, 0.4) is 0 Å². The smallest absolute Gasteiger partial charge is 0.394 e. The first-order valence-electron chi connectivity index (χ1n) is 14.4. The Morgan fingerprint density at radius 3 is 1.60 bits per heavy atom. The number of esters is 1. The molecule has 0 aromatic rings. The van der Waals surface area contributed by atoms with E-state index in [0.29, 0.717) is 24.2 Å². The van der Waals surface area contributed by atoms with Crippen LogP contribution in [0.15, 0.2) is 0 Å². The van der Waals surface area contributed by atoms with E-state index in [1.807, 2.05) is 0 Å². The number of carbonyl (C=O) groups excluding carboxylic acids is 1. The molecule has 0 unspecified atom stereocenters. The van der Waals surface area contributed by atoms with Crippen molar-refractivity contribution in [3.8, 4) is 0 Å². The highest BCUT2D eigenvalue weighted by Crippen LogP contribution is 2.35. The zero-order valence-electron chi connectivity index (χ0n) is 23.2. The molecule has 2 N–H and O–H groups in total. The molecule has 7 heteroatoms. The first-order valence-corrected chi connectivity index (χ1v) is 15.8. The van der Waals surface area contributed by atoms with Crippen molar-refractivity contribution in [2.45, 2.75) is 156 Å². The minimum Gasteiger partial charge on any atom is -0.462 e. The fourth-order valence-electron chi connectivity index (χ4n) is 5.12. The number of hydrogen-bond acceptors (Lipinski definition) is 4. The lowest BCUT2D eigenvalue weighted by molar-refractivity contribution is -0.156. The van der Waals surface area contributed by atoms with Crippen molar-refractivity contribution < 1.29 is 27.1 Å². The van der Waals surface area contributed by atoms with E-state index < -0.39 is 10.4 Å². The number of unbranched alkanes of at least 4 members (excludes halogenated alkanes) is 14. The maximum absolute atomic E-state index is 12.3. The Balaban J connectivity index is 0.00000209. The topological polar surface area (TPSA) is 101 Å². The molecule has 1 saturated carbocycles. The highest BCUT2D eigenvalue weighted by molar-refractivity contribution is 7.79. The molecule has 0 heterocycles. The highest BCUT2D eigenvalue weighted by atomic mass is 32.3. The van der Waals surface area contributed by atoms with Gasteiger partial charge in [-0.05, 0) is 37.0 Å². The van der Waals surface area contributed by atoms with Crippen molar-refractivity contribution in [2.75, 3.05) is 0 Å². The van der Waals surface area contributed by atoms with Gasteiger partial charge in [-0.2, -0.15) is 8.42 Å². The largest absolute Gasteiger partial charge is 0.462 e. The number of carbonyl (C=O) groups is 1. The fourth-order valence-corrected chi connectivity index (χ4v) is 5.12. The maximum atomic E-state index is 12.3. The van der Waals surface area contributed by atoms with Crippen LogP contribution >= 0.6 is 0 Å². The summed E-state index contributed by atoms with van der Waals surface area (Å²) >= 11 is 0. The van der Waals surface area contributed by atoms with Gasteiger partial charge < -0.3 is 4.74 Å². The van der Waals surface area contributed by atoms with Gasteiger partial charge >= 0.3 is 16.4 Å². The molecule has 1 rings (SSSR count). The van der Waals surface area contributed by atoms with Gasteiger partial charge in [0.05, 0.1) is 0 Å². The Bertz CT molecular complexity index is 597. The molecule has 1 aliphatic carbocycles. The summed E-state index contributed by atoms with van der Waals surface area (Å²) in [6, 6.07) is 0. The summed E-state index contributed by atoms with van der Waals surface area (Å²) in [6.45, 7) is 9.13. The summed E-state index contributed by atoms with van der Waals surface area (Å²) in [5.74, 6) is 1.92. The molecule has 0 saturated heterocycles. The van der Waals surface area contributed by atoms with Crippen molar-refractivity contribution in [2.24, 2.45) is 17.8 Å². The first-order chi connectivity index (χ1) is 16.5. The molecule has 0 spiro atoms. The third-order valence-electron chi connectivity index (χ3n) is 7.23. The summed E-state index contributed by atoms with van der Waals surface area (Å²) in [7, 11) is -4.67. The summed E-state index contributed by atoms with van der Waals surface area (Å²) in [5, 5.41) is 0. The van der Waals surface area contributed by atoms with Crippen LogP contribution in [0.1, 0.15) is 150 Å². The Kier molecular flexibility index (Phi) is 21.0. The van der Waals surface area contributed by atoms with E-state index in [-0.39, 0.29) is 12.1 Å². The minimum atomic E-state index is -4.67. The first kappa shape index (κ1) is 34.3. The van der Waals surface area contributed by atoms with E-state index in [1.54, 1.807) is 0 Å². The van der Waals surface area contributed by atoms with E-state index in [1.165, 1.54) is 103 Å². The van der Waals surface area contributed by atoms with E-state index >= 15 is 0 Å². The van der Waals surface area contributed by atoms with Crippen LogP contribution in [-0.4, -0.2) is 29.6 Å². The Morgan fingerprint density at radius 1 is 0.800 bits per heavy atom. The second-order valence-electron chi connectivity index (χ2n) is 11.0. The predicted octanol–water partition coefficient (Wildman–Crippen LogP) is 8.60. The van der Waals surface area contributed by atoms with Crippen LogP contribution in [-0.2, 0) is 19.9 Å². The lowest BCUT2D eigenvalue weighted by atomic mass is 9.75. The normalized spacial score (nSPS) is 20.4. The molecule has 1 aliphatic rings. The van der Waals surface area contributed by atoms with Gasteiger partial charge in [-0.3, -0.25) is 13.9 Å². The van der Waals surface area contributed by atoms with Crippen molar-refractivity contribution in [1.82, 2.24) is 0 Å². The number of hydrogen-bond donors (Lipinski definition) is 2. The monoisotopic (exact) mass is 520 g/mol.